The molecule has 3 aromatic rings. The van der Waals surface area contributed by atoms with Gasteiger partial charge in [0.15, 0.2) is 11.4 Å². The first-order valence-electron chi connectivity index (χ1n) is 6.29. The molecule has 1 unspecified atom stereocenters. The number of nitrogens with one attached hydrogen (secondary N) is 1. The Labute approximate surface area is 121 Å². The number of rotatable bonds is 3. The monoisotopic (exact) mass is 289 g/mol. The predicted molar refractivity (Wildman–Crippen MR) is 78.5 cm³/mol. The normalized spacial score (nSPS) is 12.8. The van der Waals surface area contributed by atoms with Crippen molar-refractivity contribution in [1.82, 2.24) is 5.32 Å². The number of benzene rings is 2. The highest BCUT2D eigenvalue weighted by atomic mass is 35.5. The van der Waals surface area contributed by atoms with Crippen molar-refractivity contribution in [2.45, 2.75) is 6.04 Å². The molecule has 0 spiro atoms. The predicted octanol–water partition coefficient (Wildman–Crippen LogP) is 4.53. The maximum Gasteiger partial charge on any atom is 0.169 e. The summed E-state index contributed by atoms with van der Waals surface area (Å²) in [6.07, 6.45) is 0. The lowest BCUT2D eigenvalue weighted by molar-refractivity contribution is 0.476. The lowest BCUT2D eigenvalue weighted by atomic mass is 10.0. The summed E-state index contributed by atoms with van der Waals surface area (Å²) in [6, 6.07) is 14.1. The third-order valence-corrected chi connectivity index (χ3v) is 3.54. The van der Waals surface area contributed by atoms with Crippen LogP contribution in [0.1, 0.15) is 17.4 Å². The Morgan fingerprint density at radius 1 is 1.15 bits per heavy atom. The standard InChI is InChI=1S/C16H13ClFNO/c1-19-15(10-5-7-12(17)8-6-10)14-9-11-3-2-4-13(18)16(11)20-14/h2-9,15,19H,1H3. The summed E-state index contributed by atoms with van der Waals surface area (Å²) in [5.41, 5.74) is 1.30. The van der Waals surface area contributed by atoms with E-state index in [4.69, 9.17) is 16.0 Å². The Bertz CT molecular complexity index is 736. The van der Waals surface area contributed by atoms with Crippen LogP contribution in [0.25, 0.3) is 11.0 Å². The number of furan rings is 1. The topological polar surface area (TPSA) is 25.2 Å². The average Bonchev–Trinajstić information content (AvgIpc) is 2.87. The van der Waals surface area contributed by atoms with E-state index in [9.17, 15) is 4.39 Å². The average molecular weight is 290 g/mol. The van der Waals surface area contributed by atoms with E-state index in [1.165, 1.54) is 6.07 Å². The van der Waals surface area contributed by atoms with Gasteiger partial charge in [-0.05, 0) is 36.9 Å². The molecule has 0 aliphatic rings. The first kappa shape index (κ1) is 13.2. The van der Waals surface area contributed by atoms with Crippen LogP contribution in [0.4, 0.5) is 4.39 Å². The summed E-state index contributed by atoms with van der Waals surface area (Å²) in [6.45, 7) is 0. The molecule has 2 aromatic carbocycles. The van der Waals surface area contributed by atoms with Crippen molar-refractivity contribution in [3.63, 3.8) is 0 Å². The van der Waals surface area contributed by atoms with Crippen LogP contribution in [0.2, 0.25) is 5.02 Å². The molecule has 1 heterocycles. The van der Waals surface area contributed by atoms with Crippen LogP contribution in [0.15, 0.2) is 52.9 Å². The van der Waals surface area contributed by atoms with Gasteiger partial charge in [-0.2, -0.15) is 0 Å². The fourth-order valence-corrected chi connectivity index (χ4v) is 2.44. The summed E-state index contributed by atoms with van der Waals surface area (Å²) in [5, 5.41) is 4.61. The number of halogens is 2. The summed E-state index contributed by atoms with van der Waals surface area (Å²) in [7, 11) is 1.84. The molecule has 0 bridgehead atoms. The van der Waals surface area contributed by atoms with Gasteiger partial charge in [0.25, 0.3) is 0 Å². The van der Waals surface area contributed by atoms with Gasteiger partial charge in [-0.15, -0.1) is 0 Å². The highest BCUT2D eigenvalue weighted by Crippen LogP contribution is 2.29. The molecule has 0 radical (unpaired) electrons. The molecule has 1 aromatic heterocycles. The van der Waals surface area contributed by atoms with Gasteiger partial charge in [0.1, 0.15) is 5.76 Å². The maximum absolute atomic E-state index is 13.7. The van der Waals surface area contributed by atoms with Crippen molar-refractivity contribution in [3.8, 4) is 0 Å². The molecule has 0 aliphatic heterocycles. The maximum atomic E-state index is 13.7. The van der Waals surface area contributed by atoms with E-state index in [-0.39, 0.29) is 17.4 Å². The van der Waals surface area contributed by atoms with Crippen molar-refractivity contribution in [1.29, 1.82) is 0 Å². The second-order valence-corrected chi connectivity index (χ2v) is 5.02. The van der Waals surface area contributed by atoms with Crippen molar-refractivity contribution in [2.75, 3.05) is 7.05 Å². The molecule has 1 N–H and O–H groups in total. The molecular weight excluding hydrogens is 277 g/mol. The summed E-state index contributed by atoms with van der Waals surface area (Å²) >= 11 is 5.90. The molecule has 2 nitrogen and oxygen atoms in total. The van der Waals surface area contributed by atoms with Crippen LogP contribution in [0.5, 0.6) is 0 Å². The molecule has 0 saturated carbocycles. The minimum atomic E-state index is -0.347. The summed E-state index contributed by atoms with van der Waals surface area (Å²) in [4.78, 5) is 0. The minimum Gasteiger partial charge on any atom is -0.456 e. The van der Waals surface area contributed by atoms with E-state index in [0.29, 0.717) is 10.8 Å². The smallest absolute Gasteiger partial charge is 0.169 e. The molecule has 102 valence electrons. The van der Waals surface area contributed by atoms with Crippen LogP contribution < -0.4 is 5.32 Å². The Balaban J connectivity index is 2.07. The van der Waals surface area contributed by atoms with E-state index in [1.54, 1.807) is 6.07 Å². The summed E-state index contributed by atoms with van der Waals surface area (Å²) < 4.78 is 19.4. The van der Waals surface area contributed by atoms with Crippen LogP contribution in [0, 0.1) is 5.82 Å². The minimum absolute atomic E-state index is 0.140. The molecular formula is C16H13ClFNO. The molecule has 1 atom stereocenters. The van der Waals surface area contributed by atoms with Gasteiger partial charge in [0.2, 0.25) is 0 Å². The van der Waals surface area contributed by atoms with Gasteiger partial charge in [0.05, 0.1) is 6.04 Å². The van der Waals surface area contributed by atoms with Crippen molar-refractivity contribution in [3.05, 3.63) is 70.7 Å². The van der Waals surface area contributed by atoms with Crippen molar-refractivity contribution < 1.29 is 8.81 Å². The zero-order chi connectivity index (χ0) is 14.1. The van der Waals surface area contributed by atoms with Crippen LogP contribution in [-0.4, -0.2) is 7.05 Å². The Hall–Kier alpha value is -1.84. The van der Waals surface area contributed by atoms with Gasteiger partial charge in [-0.25, -0.2) is 4.39 Å². The molecule has 3 rings (SSSR count). The molecule has 20 heavy (non-hydrogen) atoms. The Morgan fingerprint density at radius 3 is 2.55 bits per heavy atom. The number of para-hydroxylation sites is 1. The van der Waals surface area contributed by atoms with Gasteiger partial charge in [0, 0.05) is 10.4 Å². The van der Waals surface area contributed by atoms with Crippen LogP contribution >= 0.6 is 11.6 Å². The molecule has 0 fully saturated rings. The van der Waals surface area contributed by atoms with Gasteiger partial charge >= 0.3 is 0 Å². The van der Waals surface area contributed by atoms with E-state index in [2.05, 4.69) is 5.32 Å². The zero-order valence-electron chi connectivity index (χ0n) is 10.9. The van der Waals surface area contributed by atoms with Crippen LogP contribution in [0.3, 0.4) is 0 Å². The molecule has 4 heteroatoms. The first-order valence-corrected chi connectivity index (χ1v) is 6.67. The fraction of sp³-hybridized carbons (Fsp3) is 0.125. The molecule has 0 saturated heterocycles. The van der Waals surface area contributed by atoms with Gasteiger partial charge < -0.3 is 9.73 Å². The van der Waals surface area contributed by atoms with E-state index >= 15 is 0 Å². The number of fused-ring (bicyclic) bond motifs is 1. The highest BCUT2D eigenvalue weighted by molar-refractivity contribution is 6.30. The largest absolute Gasteiger partial charge is 0.456 e. The van der Waals surface area contributed by atoms with Gasteiger partial charge in [-0.3, -0.25) is 0 Å². The Morgan fingerprint density at radius 2 is 1.90 bits per heavy atom. The van der Waals surface area contributed by atoms with Crippen molar-refractivity contribution in [2.24, 2.45) is 0 Å². The fourth-order valence-electron chi connectivity index (χ4n) is 2.32. The SMILES string of the molecule is CNC(c1ccc(Cl)cc1)c1cc2cccc(F)c2o1. The summed E-state index contributed by atoms with van der Waals surface area (Å²) in [5.74, 6) is 0.328. The molecule has 0 aliphatic carbocycles. The quantitative estimate of drug-likeness (QED) is 0.766. The lowest BCUT2D eigenvalue weighted by Gasteiger charge is -2.13. The highest BCUT2D eigenvalue weighted by Gasteiger charge is 2.18. The Kier molecular flexibility index (Phi) is 3.47. The first-order chi connectivity index (χ1) is 9.69. The van der Waals surface area contributed by atoms with E-state index < -0.39 is 0 Å². The van der Waals surface area contributed by atoms with E-state index in [1.807, 2.05) is 43.4 Å². The number of hydrogen-bond donors (Lipinski definition) is 1. The van der Waals surface area contributed by atoms with Crippen LogP contribution in [-0.2, 0) is 0 Å². The third kappa shape index (κ3) is 2.30. The second kappa shape index (κ2) is 5.27. The third-order valence-electron chi connectivity index (χ3n) is 3.29. The zero-order valence-corrected chi connectivity index (χ0v) is 11.6. The van der Waals surface area contributed by atoms with Crippen molar-refractivity contribution >= 4 is 22.6 Å². The second-order valence-electron chi connectivity index (χ2n) is 4.58. The van der Waals surface area contributed by atoms with E-state index in [0.717, 1.165) is 10.9 Å². The lowest BCUT2D eigenvalue weighted by Crippen LogP contribution is -2.16. The van der Waals surface area contributed by atoms with Gasteiger partial charge in [-0.1, -0.05) is 35.9 Å². The molecule has 0 amide bonds. The number of hydrogen-bond acceptors (Lipinski definition) is 2.